The first kappa shape index (κ1) is 7.92. The molecule has 1 atom stereocenters. The van der Waals surface area contributed by atoms with Gasteiger partial charge in [0.25, 0.3) is 0 Å². The number of unbranched alkanes of at least 4 members (excludes halogenated alkanes) is 1. The fraction of sp³-hybridized carbons (Fsp3) is 0.778. The van der Waals surface area contributed by atoms with E-state index in [0.717, 1.165) is 6.42 Å². The van der Waals surface area contributed by atoms with E-state index in [2.05, 4.69) is 0 Å². The molecule has 0 heterocycles. The summed E-state index contributed by atoms with van der Waals surface area (Å²) < 4.78 is 14.0. The number of rotatable bonds is 7. The summed E-state index contributed by atoms with van der Waals surface area (Å²) in [6.45, 7) is 2.91. The van der Waals surface area contributed by atoms with E-state index in [1.807, 2.05) is 0 Å². The molecule has 0 aliphatic carbocycles. The van der Waals surface area contributed by atoms with E-state index in [-0.39, 0.29) is 11.6 Å². The molecule has 0 aliphatic heterocycles. The molecule has 0 bridgehead atoms. The number of carbonyl (C=O) groups is 2. The highest BCUT2D eigenvalue weighted by atomic mass is 16.2. The Labute approximate surface area is 76.2 Å². The van der Waals surface area contributed by atoms with Gasteiger partial charge in [-0.3, -0.25) is 4.79 Å². The zero-order valence-corrected chi connectivity index (χ0v) is 7.67. The van der Waals surface area contributed by atoms with Gasteiger partial charge in [0, 0.05) is 6.42 Å². The van der Waals surface area contributed by atoms with Crippen molar-refractivity contribution in [1.82, 2.24) is 0 Å². The third-order valence-electron chi connectivity index (χ3n) is 1.73. The summed E-state index contributed by atoms with van der Waals surface area (Å²) in [4.78, 5) is 21.6. The van der Waals surface area contributed by atoms with Gasteiger partial charge in [0.15, 0.2) is 0 Å². The molecule has 1 unspecified atom stereocenters. The number of carbonyl (C=O) groups excluding carboxylic acids is 2. The lowest BCUT2D eigenvalue weighted by Gasteiger charge is -2.05. The Balaban J connectivity index is 3.73. The van der Waals surface area contributed by atoms with Crippen molar-refractivity contribution in [3.8, 4) is 0 Å². The SMILES string of the molecule is [2H]N([2H])C(CCCC[13C](C)=O)C(C)=O. The van der Waals surface area contributed by atoms with Crippen molar-refractivity contribution >= 4 is 11.6 Å². The predicted octanol–water partition coefficient (Wildman–Crippen LogP) is 1.05. The van der Waals surface area contributed by atoms with Crippen LogP contribution in [0.3, 0.4) is 0 Å². The maximum atomic E-state index is 11.0. The minimum Gasteiger partial charge on any atom is -0.322 e. The molecule has 0 saturated heterocycles. The molecule has 12 heavy (non-hydrogen) atoms. The summed E-state index contributed by atoms with van der Waals surface area (Å²) in [5, 5.41) is 0. The van der Waals surface area contributed by atoms with Gasteiger partial charge in [-0.15, -0.1) is 0 Å². The molecule has 0 aromatic heterocycles. The highest BCUT2D eigenvalue weighted by Crippen LogP contribution is 2.03. The van der Waals surface area contributed by atoms with Gasteiger partial charge in [-0.05, 0) is 26.7 Å². The van der Waals surface area contributed by atoms with Gasteiger partial charge in [-0.25, -0.2) is 0 Å². The van der Waals surface area contributed by atoms with Gasteiger partial charge in [-0.1, -0.05) is 6.42 Å². The molecular formula is C9H17NO2. The van der Waals surface area contributed by atoms with Crippen molar-refractivity contribution < 1.29 is 12.4 Å². The van der Waals surface area contributed by atoms with Crippen molar-refractivity contribution in [1.29, 1.82) is 0 Å². The van der Waals surface area contributed by atoms with Crippen LogP contribution in [0.25, 0.3) is 0 Å². The van der Waals surface area contributed by atoms with Gasteiger partial charge in [0.05, 0.1) is 6.04 Å². The first-order valence-electron chi connectivity index (χ1n) is 5.11. The predicted molar refractivity (Wildman–Crippen MR) is 47.8 cm³/mol. The van der Waals surface area contributed by atoms with E-state index >= 15 is 0 Å². The zero-order valence-electron chi connectivity index (χ0n) is 9.67. The second-order valence-electron chi connectivity index (χ2n) is 3.07. The molecule has 0 amide bonds. The summed E-state index contributed by atoms with van der Waals surface area (Å²) in [5.74, 6) is -0.0317. The average Bonchev–Trinajstić information content (AvgIpc) is 2.01. The summed E-state index contributed by atoms with van der Waals surface area (Å²) in [6.07, 6.45) is 2.43. The summed E-state index contributed by atoms with van der Waals surface area (Å²) in [7, 11) is 0. The zero-order chi connectivity index (χ0) is 11.1. The number of nitrogens with two attached hydrogens (primary N) is 1. The van der Waals surface area contributed by atoms with Crippen LogP contribution in [0, 0.1) is 0 Å². The van der Waals surface area contributed by atoms with Crippen LogP contribution in [0.2, 0.25) is 2.82 Å². The van der Waals surface area contributed by atoms with Crippen LogP contribution in [0.4, 0.5) is 0 Å². The topological polar surface area (TPSA) is 60.2 Å². The highest BCUT2D eigenvalue weighted by molar-refractivity contribution is 5.81. The molecule has 0 rings (SSSR count). The Bertz CT molecular complexity index is 207. The summed E-state index contributed by atoms with van der Waals surface area (Å²) in [6, 6.07) is -0.651. The lowest BCUT2D eigenvalue weighted by Crippen LogP contribution is -2.27. The van der Waals surface area contributed by atoms with Crippen LogP contribution in [0.1, 0.15) is 39.5 Å². The monoisotopic (exact) mass is 174 g/mol. The molecule has 0 saturated carbocycles. The maximum absolute atomic E-state index is 11.0. The Hall–Kier alpha value is -0.700. The Morgan fingerprint density at radius 3 is 2.50 bits per heavy atom. The summed E-state index contributed by atoms with van der Waals surface area (Å²) >= 11 is 0. The van der Waals surface area contributed by atoms with Crippen LogP contribution in [0.15, 0.2) is 0 Å². The first-order chi connectivity index (χ1) is 6.45. The van der Waals surface area contributed by atoms with Crippen LogP contribution >= 0.6 is 0 Å². The third-order valence-corrected chi connectivity index (χ3v) is 1.73. The van der Waals surface area contributed by atoms with Gasteiger partial charge in [0.1, 0.15) is 14.4 Å². The lowest BCUT2D eigenvalue weighted by atomic mass is 10.1. The average molecular weight is 174 g/mol. The molecule has 70 valence electrons. The molecule has 3 heteroatoms. The number of ketones is 2. The third kappa shape index (κ3) is 6.04. The van der Waals surface area contributed by atoms with E-state index in [1.54, 1.807) is 0 Å². The van der Waals surface area contributed by atoms with Crippen LogP contribution in [0.5, 0.6) is 0 Å². The van der Waals surface area contributed by atoms with Crippen molar-refractivity contribution in [3.63, 3.8) is 0 Å². The van der Waals surface area contributed by atoms with Crippen molar-refractivity contribution in [2.75, 3.05) is 0 Å². The molecule has 2 N–H and O–H groups in total. The molecule has 0 radical (unpaired) electrons. The van der Waals surface area contributed by atoms with Gasteiger partial charge in [0.2, 0.25) is 0 Å². The Morgan fingerprint density at radius 2 is 2.08 bits per heavy atom. The van der Waals surface area contributed by atoms with Crippen molar-refractivity contribution in [3.05, 3.63) is 0 Å². The van der Waals surface area contributed by atoms with Crippen molar-refractivity contribution in [2.45, 2.75) is 45.6 Å². The van der Waals surface area contributed by atoms with E-state index in [9.17, 15) is 9.59 Å². The number of hydrogen-bond donors (Lipinski definition) is 1. The molecule has 0 fully saturated rings. The highest BCUT2D eigenvalue weighted by Gasteiger charge is 2.06. The Kier molecular flexibility index (Phi) is 3.89. The minimum absolute atomic E-state index is 0.137. The number of hydrogen-bond acceptors (Lipinski definition) is 3. The second kappa shape index (κ2) is 5.89. The van der Waals surface area contributed by atoms with Crippen LogP contribution < -0.4 is 5.72 Å². The van der Waals surface area contributed by atoms with Crippen molar-refractivity contribution in [2.24, 2.45) is 5.72 Å². The Morgan fingerprint density at radius 1 is 1.42 bits per heavy atom. The lowest BCUT2D eigenvalue weighted by molar-refractivity contribution is -0.118. The minimum atomic E-state index is -0.651. The largest absolute Gasteiger partial charge is 0.322 e. The summed E-state index contributed by atoms with van der Waals surface area (Å²) in [5.41, 5.74) is 0.441. The van der Waals surface area contributed by atoms with Crippen LogP contribution in [-0.4, -0.2) is 17.6 Å². The molecule has 0 aliphatic rings. The standard InChI is InChI=1S/C9H17NO2/c1-7(11)5-3-4-6-9(10)8(2)12/h9H,3-6,10H2,1-2H3/i7+1/hD2. The van der Waals surface area contributed by atoms with Gasteiger partial charge >= 0.3 is 0 Å². The normalized spacial score (nSPS) is 15.2. The van der Waals surface area contributed by atoms with Crippen LogP contribution in [-0.2, 0) is 9.59 Å². The molecule has 0 aromatic rings. The number of Topliss-reactive ketones (excluding diaryl/α,β-unsaturated/α-hetero) is 2. The fourth-order valence-electron chi connectivity index (χ4n) is 0.915. The molecular weight excluding hydrogens is 155 g/mol. The molecule has 3 nitrogen and oxygen atoms in total. The molecule has 0 aromatic carbocycles. The smallest absolute Gasteiger partial charge is 0.146 e. The maximum Gasteiger partial charge on any atom is 0.146 e. The van der Waals surface area contributed by atoms with E-state index in [4.69, 9.17) is 2.82 Å². The van der Waals surface area contributed by atoms with E-state index < -0.39 is 6.04 Å². The quantitative estimate of drug-likeness (QED) is 0.463. The van der Waals surface area contributed by atoms with E-state index in [1.165, 1.54) is 13.8 Å². The fourth-order valence-corrected chi connectivity index (χ4v) is 0.915. The molecule has 0 spiro atoms. The first-order valence-corrected chi connectivity index (χ1v) is 4.22. The van der Waals surface area contributed by atoms with Gasteiger partial charge < -0.3 is 10.5 Å². The van der Waals surface area contributed by atoms with E-state index in [0.29, 0.717) is 25.0 Å². The second-order valence-corrected chi connectivity index (χ2v) is 3.07. The van der Waals surface area contributed by atoms with Gasteiger partial charge in [-0.2, -0.15) is 0 Å².